The molecule has 1 aromatic rings. The monoisotopic (exact) mass is 229 g/mol. The summed E-state index contributed by atoms with van der Waals surface area (Å²) in [4.78, 5) is 14.1. The minimum atomic E-state index is 0.0449. The predicted octanol–water partition coefficient (Wildman–Crippen LogP) is 0.992. The van der Waals surface area contributed by atoms with Crippen LogP contribution in [0.4, 0.5) is 0 Å². The average molecular weight is 229 g/mol. The van der Waals surface area contributed by atoms with Crippen LogP contribution >= 0.6 is 0 Å². The summed E-state index contributed by atoms with van der Waals surface area (Å²) >= 11 is 0. The molecule has 1 saturated heterocycles. The van der Waals surface area contributed by atoms with E-state index in [0.29, 0.717) is 23.7 Å². The van der Waals surface area contributed by atoms with Crippen LogP contribution in [-0.2, 0) is 0 Å². The molecule has 0 spiro atoms. The molecule has 4 nitrogen and oxygen atoms in total. The zero-order valence-corrected chi connectivity index (χ0v) is 9.81. The van der Waals surface area contributed by atoms with Gasteiger partial charge in [0.15, 0.2) is 0 Å². The molecule has 0 saturated carbocycles. The first-order valence-electron chi connectivity index (χ1n) is 5.78. The second kappa shape index (κ2) is 4.98. The molecule has 0 aromatic heterocycles. The highest BCUT2D eigenvalue weighted by Gasteiger charge is 2.27. The first kappa shape index (κ1) is 11.6. The summed E-state index contributed by atoms with van der Waals surface area (Å²) < 4.78 is 0. The molecular formula is C13H15N3O. The van der Waals surface area contributed by atoms with E-state index in [4.69, 9.17) is 5.26 Å². The maximum absolute atomic E-state index is 12.2. The number of benzene rings is 1. The predicted molar refractivity (Wildman–Crippen MR) is 64.5 cm³/mol. The number of hydrogen-bond acceptors (Lipinski definition) is 3. The fourth-order valence-corrected chi connectivity index (χ4v) is 1.91. The Balaban J connectivity index is 2.14. The van der Waals surface area contributed by atoms with Crippen molar-refractivity contribution in [2.24, 2.45) is 0 Å². The number of rotatable bonds is 3. The minimum absolute atomic E-state index is 0.0449. The molecule has 0 unspecified atom stereocenters. The standard InChI is InChI=1S/C13H15N3O/c1-2-16(12-8-15-9-12)13(17)11-5-3-10(7-14)4-6-11/h3-6,12,15H,2,8-9H2,1H3. The number of hydrogen-bond donors (Lipinski definition) is 1. The van der Waals surface area contributed by atoms with Gasteiger partial charge in [0, 0.05) is 25.2 Å². The SMILES string of the molecule is CCN(C(=O)c1ccc(C#N)cc1)C1CNC1. The maximum Gasteiger partial charge on any atom is 0.254 e. The summed E-state index contributed by atoms with van der Waals surface area (Å²) in [6, 6.07) is 9.15. The number of likely N-dealkylation sites (N-methyl/N-ethyl adjacent to an activating group) is 1. The summed E-state index contributed by atoms with van der Waals surface area (Å²) in [6.07, 6.45) is 0. The van der Waals surface area contributed by atoms with E-state index in [1.165, 1.54) is 0 Å². The van der Waals surface area contributed by atoms with Crippen LogP contribution in [0.25, 0.3) is 0 Å². The van der Waals surface area contributed by atoms with Crippen molar-refractivity contribution < 1.29 is 4.79 Å². The van der Waals surface area contributed by atoms with Gasteiger partial charge in [-0.25, -0.2) is 0 Å². The quantitative estimate of drug-likeness (QED) is 0.841. The van der Waals surface area contributed by atoms with E-state index < -0.39 is 0 Å². The molecule has 0 bridgehead atoms. The second-order valence-electron chi connectivity index (χ2n) is 4.09. The molecule has 1 heterocycles. The van der Waals surface area contributed by atoms with Gasteiger partial charge in [0.05, 0.1) is 17.7 Å². The van der Waals surface area contributed by atoms with Crippen molar-refractivity contribution in [3.05, 3.63) is 35.4 Å². The fraction of sp³-hybridized carbons (Fsp3) is 0.385. The van der Waals surface area contributed by atoms with E-state index in [1.807, 2.05) is 17.9 Å². The molecular weight excluding hydrogens is 214 g/mol. The van der Waals surface area contributed by atoms with Crippen LogP contribution in [0, 0.1) is 11.3 Å². The molecule has 4 heteroatoms. The number of amides is 1. The Labute approximate surface area is 101 Å². The molecule has 1 aliphatic heterocycles. The molecule has 0 radical (unpaired) electrons. The number of carbonyl (C=O) groups is 1. The minimum Gasteiger partial charge on any atom is -0.333 e. The van der Waals surface area contributed by atoms with E-state index in [9.17, 15) is 4.79 Å². The average Bonchev–Trinajstić information content (AvgIpc) is 2.32. The lowest BCUT2D eigenvalue weighted by molar-refractivity contribution is 0.0630. The van der Waals surface area contributed by atoms with Crippen LogP contribution in [-0.4, -0.2) is 36.5 Å². The topological polar surface area (TPSA) is 56.1 Å². The van der Waals surface area contributed by atoms with Crippen molar-refractivity contribution >= 4 is 5.91 Å². The van der Waals surface area contributed by atoms with Crippen molar-refractivity contribution in [3.63, 3.8) is 0 Å². The van der Waals surface area contributed by atoms with Gasteiger partial charge in [-0.05, 0) is 31.2 Å². The highest BCUT2D eigenvalue weighted by Crippen LogP contribution is 2.12. The van der Waals surface area contributed by atoms with Crippen molar-refractivity contribution in [2.75, 3.05) is 19.6 Å². The molecule has 1 fully saturated rings. The van der Waals surface area contributed by atoms with E-state index >= 15 is 0 Å². The normalized spacial score (nSPS) is 14.8. The molecule has 0 atom stereocenters. The largest absolute Gasteiger partial charge is 0.333 e. The van der Waals surface area contributed by atoms with Gasteiger partial charge in [-0.15, -0.1) is 0 Å². The van der Waals surface area contributed by atoms with Gasteiger partial charge in [0.25, 0.3) is 5.91 Å². The Morgan fingerprint density at radius 1 is 1.47 bits per heavy atom. The van der Waals surface area contributed by atoms with Crippen LogP contribution in [0.1, 0.15) is 22.8 Å². The summed E-state index contributed by atoms with van der Waals surface area (Å²) in [5.74, 6) is 0.0449. The second-order valence-corrected chi connectivity index (χ2v) is 4.09. The molecule has 0 aliphatic carbocycles. The third-order valence-corrected chi connectivity index (χ3v) is 3.06. The van der Waals surface area contributed by atoms with Crippen LogP contribution in [0.15, 0.2) is 24.3 Å². The van der Waals surface area contributed by atoms with Crippen LogP contribution < -0.4 is 5.32 Å². The molecule has 1 N–H and O–H groups in total. The molecule has 2 rings (SSSR count). The Morgan fingerprint density at radius 2 is 2.12 bits per heavy atom. The van der Waals surface area contributed by atoms with Gasteiger partial charge in [-0.3, -0.25) is 4.79 Å². The smallest absolute Gasteiger partial charge is 0.254 e. The van der Waals surface area contributed by atoms with Gasteiger partial charge < -0.3 is 10.2 Å². The summed E-state index contributed by atoms with van der Waals surface area (Å²) in [6.45, 7) is 4.44. The Hall–Kier alpha value is -1.86. The summed E-state index contributed by atoms with van der Waals surface area (Å²) in [5, 5.41) is 11.9. The zero-order valence-electron chi connectivity index (χ0n) is 9.81. The number of nitriles is 1. The van der Waals surface area contributed by atoms with Crippen LogP contribution in [0.2, 0.25) is 0 Å². The van der Waals surface area contributed by atoms with E-state index in [1.54, 1.807) is 24.3 Å². The maximum atomic E-state index is 12.2. The molecule has 88 valence electrons. The lowest BCUT2D eigenvalue weighted by Gasteiger charge is -2.37. The number of nitrogens with zero attached hydrogens (tertiary/aromatic N) is 2. The number of nitrogens with one attached hydrogen (secondary N) is 1. The Kier molecular flexibility index (Phi) is 3.40. The molecule has 1 amide bonds. The molecule has 1 aliphatic rings. The van der Waals surface area contributed by atoms with Crippen molar-refractivity contribution in [1.82, 2.24) is 10.2 Å². The van der Waals surface area contributed by atoms with Gasteiger partial charge in [0.1, 0.15) is 0 Å². The first-order chi connectivity index (χ1) is 8.26. The van der Waals surface area contributed by atoms with E-state index in [0.717, 1.165) is 13.1 Å². The molecule has 1 aromatic carbocycles. The van der Waals surface area contributed by atoms with Crippen LogP contribution in [0.5, 0.6) is 0 Å². The van der Waals surface area contributed by atoms with E-state index in [-0.39, 0.29) is 5.91 Å². The first-order valence-corrected chi connectivity index (χ1v) is 5.78. The van der Waals surface area contributed by atoms with E-state index in [2.05, 4.69) is 5.32 Å². The molecule has 17 heavy (non-hydrogen) atoms. The zero-order chi connectivity index (χ0) is 12.3. The Morgan fingerprint density at radius 3 is 2.53 bits per heavy atom. The van der Waals surface area contributed by atoms with Gasteiger partial charge in [-0.2, -0.15) is 5.26 Å². The third-order valence-electron chi connectivity index (χ3n) is 3.06. The lowest BCUT2D eigenvalue weighted by atomic mass is 10.1. The summed E-state index contributed by atoms with van der Waals surface area (Å²) in [7, 11) is 0. The van der Waals surface area contributed by atoms with Gasteiger partial charge in [0.2, 0.25) is 0 Å². The van der Waals surface area contributed by atoms with Gasteiger partial charge >= 0.3 is 0 Å². The summed E-state index contributed by atoms with van der Waals surface area (Å²) in [5.41, 5.74) is 1.23. The van der Waals surface area contributed by atoms with Crippen molar-refractivity contribution in [2.45, 2.75) is 13.0 Å². The highest BCUT2D eigenvalue weighted by molar-refractivity contribution is 5.94. The lowest BCUT2D eigenvalue weighted by Crippen LogP contribution is -2.58. The van der Waals surface area contributed by atoms with Crippen molar-refractivity contribution in [1.29, 1.82) is 5.26 Å². The van der Waals surface area contributed by atoms with Crippen molar-refractivity contribution in [3.8, 4) is 6.07 Å². The Bertz CT molecular complexity index is 443. The third kappa shape index (κ3) is 2.29. The van der Waals surface area contributed by atoms with Crippen LogP contribution in [0.3, 0.4) is 0 Å². The highest BCUT2D eigenvalue weighted by atomic mass is 16.2. The van der Waals surface area contributed by atoms with Gasteiger partial charge in [-0.1, -0.05) is 0 Å². The number of carbonyl (C=O) groups excluding carboxylic acids is 1. The fourth-order valence-electron chi connectivity index (χ4n) is 1.91.